The number of hydrogen-bond acceptors (Lipinski definition) is 6. The van der Waals surface area contributed by atoms with E-state index < -0.39 is 10.7 Å². The third-order valence-electron chi connectivity index (χ3n) is 4.03. The Balaban J connectivity index is 1.62. The van der Waals surface area contributed by atoms with Crippen LogP contribution >= 0.6 is 11.3 Å². The molecule has 0 saturated heterocycles. The van der Waals surface area contributed by atoms with E-state index in [9.17, 15) is 19.7 Å². The number of carbonyl (C=O) groups is 1. The average Bonchev–Trinajstić information content (AvgIpc) is 3.21. The molecule has 0 atom stereocenters. The zero-order valence-electron chi connectivity index (χ0n) is 14.1. The van der Waals surface area contributed by atoms with Crippen LogP contribution in [0.4, 0.5) is 5.69 Å². The highest BCUT2D eigenvalue weighted by Crippen LogP contribution is 2.20. The van der Waals surface area contributed by atoms with E-state index in [0.717, 1.165) is 4.88 Å². The molecule has 9 heteroatoms. The minimum atomic E-state index is -0.583. The Labute approximate surface area is 152 Å². The molecule has 0 unspecified atom stereocenters. The number of nitrogens with zero attached hydrogens (tertiary/aromatic N) is 3. The van der Waals surface area contributed by atoms with Gasteiger partial charge in [0.15, 0.2) is 5.58 Å². The minimum absolute atomic E-state index is 0.00473. The van der Waals surface area contributed by atoms with Crippen LogP contribution < -0.4 is 5.76 Å². The Morgan fingerprint density at radius 3 is 2.88 bits per heavy atom. The van der Waals surface area contributed by atoms with Crippen molar-refractivity contribution < 1.29 is 14.1 Å². The number of rotatable bonds is 7. The van der Waals surface area contributed by atoms with E-state index in [2.05, 4.69) is 0 Å². The highest BCUT2D eigenvalue weighted by Gasteiger charge is 2.15. The van der Waals surface area contributed by atoms with E-state index in [0.29, 0.717) is 31.4 Å². The highest BCUT2D eigenvalue weighted by molar-refractivity contribution is 7.09. The molecular weight excluding hydrogens is 358 g/mol. The predicted octanol–water partition coefficient (Wildman–Crippen LogP) is 3.00. The van der Waals surface area contributed by atoms with Gasteiger partial charge in [-0.25, -0.2) is 4.79 Å². The van der Waals surface area contributed by atoms with Crippen molar-refractivity contribution in [3.8, 4) is 0 Å². The van der Waals surface area contributed by atoms with Crippen molar-refractivity contribution in [2.75, 3.05) is 7.05 Å². The summed E-state index contributed by atoms with van der Waals surface area (Å²) in [4.78, 5) is 37.2. The Morgan fingerprint density at radius 2 is 2.19 bits per heavy atom. The van der Waals surface area contributed by atoms with Gasteiger partial charge in [0, 0.05) is 31.0 Å². The van der Waals surface area contributed by atoms with Gasteiger partial charge in [-0.3, -0.25) is 19.5 Å². The van der Waals surface area contributed by atoms with Gasteiger partial charge in [-0.15, -0.1) is 11.3 Å². The molecule has 0 N–H and O–H groups in total. The summed E-state index contributed by atoms with van der Waals surface area (Å²) >= 11 is 1.60. The SMILES string of the molecule is CN(Cc1cccs1)C(=O)CCCn1c(=O)oc2cc([N+](=O)[O-])ccc21. The van der Waals surface area contributed by atoms with Crippen LogP contribution in [-0.4, -0.2) is 27.3 Å². The zero-order valence-corrected chi connectivity index (χ0v) is 14.9. The Bertz CT molecular complexity index is 990. The number of nitro benzene ring substituents is 1. The van der Waals surface area contributed by atoms with Gasteiger partial charge in [-0.2, -0.15) is 0 Å². The van der Waals surface area contributed by atoms with Crippen molar-refractivity contribution in [2.24, 2.45) is 0 Å². The first-order valence-corrected chi connectivity index (χ1v) is 8.88. The fourth-order valence-corrected chi connectivity index (χ4v) is 3.44. The van der Waals surface area contributed by atoms with Crippen LogP contribution in [0.15, 0.2) is 44.9 Å². The third-order valence-corrected chi connectivity index (χ3v) is 4.90. The highest BCUT2D eigenvalue weighted by atomic mass is 32.1. The maximum Gasteiger partial charge on any atom is 0.419 e. The molecule has 136 valence electrons. The summed E-state index contributed by atoms with van der Waals surface area (Å²) in [5.74, 6) is -0.588. The van der Waals surface area contributed by atoms with Gasteiger partial charge < -0.3 is 9.32 Å². The molecule has 0 spiro atoms. The normalized spacial score (nSPS) is 11.0. The molecule has 26 heavy (non-hydrogen) atoms. The van der Waals surface area contributed by atoms with Crippen molar-refractivity contribution in [2.45, 2.75) is 25.9 Å². The topological polar surface area (TPSA) is 98.6 Å². The molecule has 1 aromatic carbocycles. The van der Waals surface area contributed by atoms with Gasteiger partial charge in [0.05, 0.1) is 23.1 Å². The van der Waals surface area contributed by atoms with Gasteiger partial charge in [0.2, 0.25) is 5.91 Å². The quantitative estimate of drug-likeness (QED) is 0.467. The maximum atomic E-state index is 12.2. The molecule has 0 bridgehead atoms. The minimum Gasteiger partial charge on any atom is -0.407 e. The van der Waals surface area contributed by atoms with Crippen LogP contribution in [0, 0.1) is 10.1 Å². The lowest BCUT2D eigenvalue weighted by molar-refractivity contribution is -0.384. The van der Waals surface area contributed by atoms with Gasteiger partial charge >= 0.3 is 5.76 Å². The smallest absolute Gasteiger partial charge is 0.407 e. The van der Waals surface area contributed by atoms with Gasteiger partial charge in [-0.1, -0.05) is 6.07 Å². The van der Waals surface area contributed by atoms with Crippen molar-refractivity contribution in [1.29, 1.82) is 0 Å². The summed E-state index contributed by atoms with van der Waals surface area (Å²) in [6.07, 6.45) is 0.771. The zero-order chi connectivity index (χ0) is 18.7. The second kappa shape index (κ2) is 7.52. The summed E-state index contributed by atoms with van der Waals surface area (Å²) in [6, 6.07) is 7.97. The molecule has 2 heterocycles. The summed E-state index contributed by atoms with van der Waals surface area (Å²) < 4.78 is 6.47. The van der Waals surface area contributed by atoms with Crippen LogP contribution in [0.3, 0.4) is 0 Å². The number of aromatic nitrogens is 1. The monoisotopic (exact) mass is 375 g/mol. The number of thiophene rings is 1. The molecule has 0 fully saturated rings. The molecule has 1 amide bonds. The third kappa shape index (κ3) is 3.83. The van der Waals surface area contributed by atoms with E-state index in [4.69, 9.17) is 4.42 Å². The van der Waals surface area contributed by atoms with Gasteiger partial charge in [-0.05, 0) is 23.9 Å². The number of fused-ring (bicyclic) bond motifs is 1. The van der Waals surface area contributed by atoms with Crippen LogP contribution in [-0.2, 0) is 17.9 Å². The lowest BCUT2D eigenvalue weighted by atomic mass is 10.2. The molecule has 8 nitrogen and oxygen atoms in total. The van der Waals surface area contributed by atoms with Crippen molar-refractivity contribution in [3.63, 3.8) is 0 Å². The molecule has 0 aliphatic carbocycles. The molecule has 0 aliphatic heterocycles. The predicted molar refractivity (Wildman–Crippen MR) is 97.2 cm³/mol. The summed E-state index contributed by atoms with van der Waals surface area (Å²) in [5, 5.41) is 12.8. The molecular formula is C17H17N3O5S. The summed E-state index contributed by atoms with van der Waals surface area (Å²) in [7, 11) is 1.75. The first-order chi connectivity index (χ1) is 12.5. The Hall–Kier alpha value is -2.94. The lowest BCUT2D eigenvalue weighted by Gasteiger charge is -2.16. The number of amides is 1. The van der Waals surface area contributed by atoms with E-state index in [1.54, 1.807) is 23.3 Å². The van der Waals surface area contributed by atoms with Gasteiger partial charge in [0.25, 0.3) is 5.69 Å². The second-order valence-electron chi connectivity index (χ2n) is 5.86. The van der Waals surface area contributed by atoms with Crippen molar-refractivity contribution in [3.05, 3.63) is 61.3 Å². The fourth-order valence-electron chi connectivity index (χ4n) is 2.68. The maximum absolute atomic E-state index is 12.2. The molecule has 0 radical (unpaired) electrons. The first-order valence-electron chi connectivity index (χ1n) is 8.00. The van der Waals surface area contributed by atoms with Crippen LogP contribution in [0.1, 0.15) is 17.7 Å². The Morgan fingerprint density at radius 1 is 1.38 bits per heavy atom. The van der Waals surface area contributed by atoms with Crippen LogP contribution in [0.5, 0.6) is 0 Å². The van der Waals surface area contributed by atoms with Crippen LogP contribution in [0.25, 0.3) is 11.1 Å². The van der Waals surface area contributed by atoms with Gasteiger partial charge in [0.1, 0.15) is 0 Å². The van der Waals surface area contributed by atoms with Crippen molar-refractivity contribution >= 4 is 34.0 Å². The number of benzene rings is 1. The lowest BCUT2D eigenvalue weighted by Crippen LogP contribution is -2.26. The van der Waals surface area contributed by atoms with Crippen molar-refractivity contribution in [1.82, 2.24) is 9.47 Å². The van der Waals surface area contributed by atoms with E-state index in [-0.39, 0.29) is 17.2 Å². The second-order valence-corrected chi connectivity index (χ2v) is 6.89. The van der Waals surface area contributed by atoms with Crippen LogP contribution in [0.2, 0.25) is 0 Å². The molecule has 2 aromatic heterocycles. The summed E-state index contributed by atoms with van der Waals surface area (Å²) in [6.45, 7) is 0.872. The first kappa shape index (κ1) is 17.9. The molecule has 3 aromatic rings. The number of hydrogen-bond donors (Lipinski definition) is 0. The van der Waals surface area contributed by atoms with E-state index in [1.165, 1.54) is 22.8 Å². The molecule has 3 rings (SSSR count). The number of nitro groups is 1. The fraction of sp³-hybridized carbons (Fsp3) is 0.294. The van der Waals surface area contributed by atoms with E-state index >= 15 is 0 Å². The molecule has 0 aliphatic rings. The standard InChI is InChI=1S/C17H17N3O5S/c1-18(11-13-4-3-9-26-13)16(21)5-2-8-19-14-7-6-12(20(23)24)10-15(14)25-17(19)22/h3-4,6-7,9-10H,2,5,8,11H2,1H3. The number of oxazole rings is 1. The average molecular weight is 375 g/mol. The largest absolute Gasteiger partial charge is 0.419 e. The number of aryl methyl sites for hydroxylation is 1. The number of carbonyl (C=O) groups excluding carboxylic acids is 1. The van der Waals surface area contributed by atoms with E-state index in [1.807, 2.05) is 17.5 Å². The molecule has 0 saturated carbocycles. The Kier molecular flexibility index (Phi) is 5.17. The summed E-state index contributed by atoms with van der Waals surface area (Å²) in [5.41, 5.74) is 0.522. The number of non-ortho nitro benzene ring substituents is 1.